The number of rotatable bonds is 2. The monoisotopic (exact) mass is 171 g/mol. The van der Waals surface area contributed by atoms with E-state index in [1.165, 1.54) is 0 Å². The molecule has 68 valence electrons. The van der Waals surface area contributed by atoms with Gasteiger partial charge in [-0.15, -0.1) is 0 Å². The molecule has 0 aliphatic heterocycles. The number of Topliss-reactive ketones (excluding diaryl/α,β-unsaturated/α-hetero) is 1. The molecule has 1 fully saturated rings. The van der Waals surface area contributed by atoms with Gasteiger partial charge in [0.05, 0.1) is 0 Å². The maximum absolute atomic E-state index is 11.0. The van der Waals surface area contributed by atoms with Crippen molar-refractivity contribution in [3.8, 4) is 0 Å². The summed E-state index contributed by atoms with van der Waals surface area (Å²) in [6.45, 7) is 0. The van der Waals surface area contributed by atoms with Crippen LogP contribution in [-0.2, 0) is 9.59 Å². The average Bonchev–Trinajstić information content (AvgIpc) is 2.03. The fourth-order valence-corrected chi connectivity index (χ4v) is 1.57. The first kappa shape index (κ1) is 9.19. The van der Waals surface area contributed by atoms with Gasteiger partial charge in [-0.05, 0) is 18.8 Å². The summed E-state index contributed by atoms with van der Waals surface area (Å²) >= 11 is 0. The lowest BCUT2D eigenvalue weighted by molar-refractivity contribution is -0.140. The van der Waals surface area contributed by atoms with Crippen LogP contribution in [0, 0.1) is 5.92 Å². The quantitative estimate of drug-likeness (QED) is 0.620. The van der Waals surface area contributed by atoms with Crippen LogP contribution in [0.15, 0.2) is 0 Å². The normalized spacial score (nSPS) is 26.8. The fraction of sp³-hybridized carbons (Fsp3) is 0.750. The van der Waals surface area contributed by atoms with E-state index >= 15 is 0 Å². The minimum atomic E-state index is -1.00. The van der Waals surface area contributed by atoms with Gasteiger partial charge in [0.1, 0.15) is 11.8 Å². The highest BCUT2D eigenvalue weighted by atomic mass is 16.4. The Morgan fingerprint density at radius 3 is 2.83 bits per heavy atom. The topological polar surface area (TPSA) is 80.4 Å². The Hall–Kier alpha value is -0.900. The van der Waals surface area contributed by atoms with Crippen LogP contribution in [-0.4, -0.2) is 22.9 Å². The highest BCUT2D eigenvalue weighted by Crippen LogP contribution is 2.23. The van der Waals surface area contributed by atoms with Crippen molar-refractivity contribution in [2.75, 3.05) is 0 Å². The van der Waals surface area contributed by atoms with E-state index in [0.717, 1.165) is 12.8 Å². The summed E-state index contributed by atoms with van der Waals surface area (Å²) in [6, 6.07) is -0.866. The summed E-state index contributed by atoms with van der Waals surface area (Å²) in [6.07, 6.45) is 2.47. The predicted molar refractivity (Wildman–Crippen MR) is 42.6 cm³/mol. The molecular formula is C8H13NO3. The van der Waals surface area contributed by atoms with Crippen molar-refractivity contribution in [3.63, 3.8) is 0 Å². The van der Waals surface area contributed by atoms with E-state index in [9.17, 15) is 9.59 Å². The molecule has 0 aromatic carbocycles. The molecule has 1 rings (SSSR count). The maximum atomic E-state index is 11.0. The summed E-state index contributed by atoms with van der Waals surface area (Å²) in [5, 5.41) is 8.58. The van der Waals surface area contributed by atoms with Crippen LogP contribution in [0.2, 0.25) is 0 Å². The molecule has 0 heterocycles. The van der Waals surface area contributed by atoms with Crippen LogP contribution in [0.25, 0.3) is 0 Å². The lowest BCUT2D eigenvalue weighted by Crippen LogP contribution is -2.40. The first-order chi connectivity index (χ1) is 5.61. The van der Waals surface area contributed by atoms with Crippen molar-refractivity contribution in [2.24, 2.45) is 11.7 Å². The minimum absolute atomic E-state index is 0.142. The number of carboxylic acid groups (broad SMARTS) is 1. The second-order valence-corrected chi connectivity index (χ2v) is 3.26. The van der Waals surface area contributed by atoms with Gasteiger partial charge < -0.3 is 10.8 Å². The Balaban J connectivity index is 2.51. The molecule has 0 aromatic rings. The number of hydrogen-bond acceptors (Lipinski definition) is 3. The number of hydrogen-bond donors (Lipinski definition) is 2. The summed E-state index contributed by atoms with van der Waals surface area (Å²) in [4.78, 5) is 21.4. The van der Waals surface area contributed by atoms with E-state index in [4.69, 9.17) is 10.8 Å². The molecule has 0 radical (unpaired) electrons. The number of carbonyl (C=O) groups is 2. The van der Waals surface area contributed by atoms with E-state index in [1.807, 2.05) is 0 Å². The van der Waals surface area contributed by atoms with Gasteiger partial charge in [-0.1, -0.05) is 0 Å². The van der Waals surface area contributed by atoms with Gasteiger partial charge >= 0.3 is 5.97 Å². The maximum Gasteiger partial charge on any atom is 0.320 e. The fourth-order valence-electron chi connectivity index (χ4n) is 1.57. The van der Waals surface area contributed by atoms with E-state index in [-0.39, 0.29) is 11.7 Å². The Morgan fingerprint density at radius 2 is 2.33 bits per heavy atom. The van der Waals surface area contributed by atoms with E-state index in [2.05, 4.69) is 0 Å². The van der Waals surface area contributed by atoms with Crippen molar-refractivity contribution < 1.29 is 14.7 Å². The minimum Gasteiger partial charge on any atom is -0.480 e. The molecule has 0 spiro atoms. The van der Waals surface area contributed by atoms with Crippen molar-refractivity contribution in [3.05, 3.63) is 0 Å². The highest BCUT2D eigenvalue weighted by Gasteiger charge is 2.28. The van der Waals surface area contributed by atoms with E-state index in [1.54, 1.807) is 0 Å². The van der Waals surface area contributed by atoms with Crippen molar-refractivity contribution in [2.45, 2.75) is 31.7 Å². The Morgan fingerprint density at radius 1 is 1.67 bits per heavy atom. The van der Waals surface area contributed by atoms with Crippen LogP contribution in [0.3, 0.4) is 0 Å². The molecule has 4 heteroatoms. The molecule has 3 N–H and O–H groups in total. The van der Waals surface area contributed by atoms with Crippen LogP contribution < -0.4 is 5.73 Å². The largest absolute Gasteiger partial charge is 0.480 e. The van der Waals surface area contributed by atoms with Crippen LogP contribution in [0.4, 0.5) is 0 Å². The van der Waals surface area contributed by atoms with Gasteiger partial charge in [-0.2, -0.15) is 0 Å². The molecule has 0 saturated heterocycles. The Labute approximate surface area is 70.7 Å². The van der Waals surface area contributed by atoms with Crippen molar-refractivity contribution in [1.82, 2.24) is 0 Å². The summed E-state index contributed by atoms with van der Waals surface area (Å²) in [7, 11) is 0. The average molecular weight is 171 g/mol. The zero-order valence-electron chi connectivity index (χ0n) is 6.82. The second-order valence-electron chi connectivity index (χ2n) is 3.26. The standard InChI is InChI=1S/C8H13NO3/c9-7(8(11)12)5-2-1-3-6(10)4-5/h5,7H,1-4,9H2,(H,11,12)/t5?,7-/m1/s1. The Kier molecular flexibility index (Phi) is 2.81. The van der Waals surface area contributed by atoms with Gasteiger partial charge in [0.15, 0.2) is 0 Å². The first-order valence-electron chi connectivity index (χ1n) is 4.11. The van der Waals surface area contributed by atoms with Gasteiger partial charge in [0.25, 0.3) is 0 Å². The zero-order chi connectivity index (χ0) is 9.14. The number of ketones is 1. The van der Waals surface area contributed by atoms with Gasteiger partial charge in [0, 0.05) is 12.8 Å². The van der Waals surface area contributed by atoms with E-state index < -0.39 is 12.0 Å². The summed E-state index contributed by atoms with van der Waals surface area (Å²) < 4.78 is 0. The smallest absolute Gasteiger partial charge is 0.320 e. The second kappa shape index (κ2) is 3.67. The molecule has 1 aliphatic carbocycles. The first-order valence-corrected chi connectivity index (χ1v) is 4.11. The van der Waals surface area contributed by atoms with E-state index in [0.29, 0.717) is 12.8 Å². The molecule has 0 aromatic heterocycles. The molecular weight excluding hydrogens is 158 g/mol. The van der Waals surface area contributed by atoms with Gasteiger partial charge in [-0.3, -0.25) is 9.59 Å². The molecule has 2 atom stereocenters. The Bertz CT molecular complexity index is 200. The van der Waals surface area contributed by atoms with Gasteiger partial charge in [-0.25, -0.2) is 0 Å². The lowest BCUT2D eigenvalue weighted by Gasteiger charge is -2.23. The summed E-state index contributed by atoms with van der Waals surface area (Å²) in [5.74, 6) is -1.01. The van der Waals surface area contributed by atoms with Crippen LogP contribution in [0.5, 0.6) is 0 Å². The molecule has 0 bridgehead atoms. The summed E-state index contributed by atoms with van der Waals surface area (Å²) in [5.41, 5.74) is 5.40. The number of carbonyl (C=O) groups excluding carboxylic acids is 1. The zero-order valence-corrected chi connectivity index (χ0v) is 6.82. The van der Waals surface area contributed by atoms with Gasteiger partial charge in [0.2, 0.25) is 0 Å². The molecule has 1 saturated carbocycles. The van der Waals surface area contributed by atoms with Crippen LogP contribution in [0.1, 0.15) is 25.7 Å². The highest BCUT2D eigenvalue weighted by molar-refractivity contribution is 5.81. The molecule has 1 aliphatic rings. The molecule has 4 nitrogen and oxygen atoms in total. The van der Waals surface area contributed by atoms with Crippen LogP contribution >= 0.6 is 0 Å². The lowest BCUT2D eigenvalue weighted by atomic mass is 9.83. The van der Waals surface area contributed by atoms with Crippen molar-refractivity contribution >= 4 is 11.8 Å². The molecule has 1 unspecified atom stereocenters. The predicted octanol–water partition coefficient (Wildman–Crippen LogP) is 0.158. The molecule has 0 amide bonds. The van der Waals surface area contributed by atoms with Crippen molar-refractivity contribution in [1.29, 1.82) is 0 Å². The number of nitrogens with two attached hydrogens (primary N) is 1. The molecule has 12 heavy (non-hydrogen) atoms. The third-order valence-electron chi connectivity index (χ3n) is 2.31. The number of carboxylic acids is 1. The third kappa shape index (κ3) is 2.04. The SMILES string of the molecule is N[C@@H](C(=O)O)C1CCCC(=O)C1. The number of aliphatic carboxylic acids is 1. The third-order valence-corrected chi connectivity index (χ3v) is 2.31.